The van der Waals surface area contributed by atoms with Gasteiger partial charge in [-0.05, 0) is 6.07 Å². The van der Waals surface area contributed by atoms with E-state index in [1.807, 2.05) is 13.8 Å². The summed E-state index contributed by atoms with van der Waals surface area (Å²) >= 11 is 0. The fourth-order valence-corrected chi connectivity index (χ4v) is 1.28. The SMILES string of the molecule is CC(C)NCc1noc(-c2ccc(=O)[nH]c2)n1. The fraction of sp³-hybridized carbons (Fsp3) is 0.364. The molecule has 6 heteroatoms. The average Bonchev–Trinajstić information content (AvgIpc) is 2.76. The lowest BCUT2D eigenvalue weighted by Crippen LogP contribution is -2.22. The molecule has 6 nitrogen and oxygen atoms in total. The Bertz CT molecular complexity index is 524. The smallest absolute Gasteiger partial charge is 0.259 e. The lowest BCUT2D eigenvalue weighted by Gasteiger charge is -2.03. The van der Waals surface area contributed by atoms with Crippen molar-refractivity contribution in [3.63, 3.8) is 0 Å². The van der Waals surface area contributed by atoms with Crippen LogP contribution in [0.25, 0.3) is 11.5 Å². The van der Waals surface area contributed by atoms with Gasteiger partial charge in [0.15, 0.2) is 5.82 Å². The number of pyridine rings is 1. The molecule has 0 saturated heterocycles. The van der Waals surface area contributed by atoms with E-state index in [0.717, 1.165) is 0 Å². The van der Waals surface area contributed by atoms with E-state index in [4.69, 9.17) is 4.52 Å². The molecule has 2 aromatic rings. The Morgan fingerprint density at radius 2 is 2.29 bits per heavy atom. The van der Waals surface area contributed by atoms with Crippen LogP contribution >= 0.6 is 0 Å². The monoisotopic (exact) mass is 234 g/mol. The number of rotatable bonds is 4. The first-order valence-electron chi connectivity index (χ1n) is 5.40. The lowest BCUT2D eigenvalue weighted by molar-refractivity contribution is 0.417. The highest BCUT2D eigenvalue weighted by Gasteiger charge is 2.08. The van der Waals surface area contributed by atoms with Crippen molar-refractivity contribution >= 4 is 0 Å². The van der Waals surface area contributed by atoms with Gasteiger partial charge in [-0.2, -0.15) is 4.98 Å². The van der Waals surface area contributed by atoms with E-state index in [-0.39, 0.29) is 5.56 Å². The van der Waals surface area contributed by atoms with E-state index in [9.17, 15) is 4.79 Å². The van der Waals surface area contributed by atoms with Gasteiger partial charge in [0.1, 0.15) is 0 Å². The second-order valence-electron chi connectivity index (χ2n) is 3.99. The van der Waals surface area contributed by atoms with Crippen molar-refractivity contribution in [1.82, 2.24) is 20.4 Å². The fourth-order valence-electron chi connectivity index (χ4n) is 1.28. The van der Waals surface area contributed by atoms with E-state index in [2.05, 4.69) is 20.4 Å². The molecule has 0 unspecified atom stereocenters. The normalized spacial score (nSPS) is 11.0. The molecule has 0 aromatic carbocycles. The zero-order chi connectivity index (χ0) is 12.3. The topological polar surface area (TPSA) is 83.8 Å². The molecule has 2 aromatic heterocycles. The summed E-state index contributed by atoms with van der Waals surface area (Å²) in [6.45, 7) is 4.65. The van der Waals surface area contributed by atoms with Gasteiger partial charge in [0.2, 0.25) is 5.56 Å². The van der Waals surface area contributed by atoms with E-state index in [0.29, 0.717) is 29.9 Å². The van der Waals surface area contributed by atoms with Gasteiger partial charge >= 0.3 is 0 Å². The number of H-pyrrole nitrogens is 1. The lowest BCUT2D eigenvalue weighted by atomic mass is 10.3. The molecule has 0 aliphatic carbocycles. The number of hydrogen-bond donors (Lipinski definition) is 2. The number of aromatic amines is 1. The van der Waals surface area contributed by atoms with Gasteiger partial charge in [0.25, 0.3) is 5.89 Å². The van der Waals surface area contributed by atoms with Gasteiger partial charge in [-0.25, -0.2) is 0 Å². The first kappa shape index (κ1) is 11.5. The number of nitrogens with one attached hydrogen (secondary N) is 2. The molecule has 90 valence electrons. The molecule has 2 heterocycles. The van der Waals surface area contributed by atoms with Crippen LogP contribution in [0.5, 0.6) is 0 Å². The van der Waals surface area contributed by atoms with Crippen molar-refractivity contribution in [1.29, 1.82) is 0 Å². The molecular formula is C11H14N4O2. The maximum absolute atomic E-state index is 10.9. The van der Waals surface area contributed by atoms with Crippen molar-refractivity contribution in [3.8, 4) is 11.5 Å². The minimum atomic E-state index is -0.157. The standard InChI is InChI=1S/C11H14N4O2/c1-7(2)12-6-9-14-11(17-15-9)8-3-4-10(16)13-5-8/h3-5,7,12H,6H2,1-2H3,(H,13,16). The predicted molar refractivity (Wildman–Crippen MR) is 62.3 cm³/mol. The van der Waals surface area contributed by atoms with Crippen molar-refractivity contribution in [2.45, 2.75) is 26.4 Å². The minimum absolute atomic E-state index is 0.157. The van der Waals surface area contributed by atoms with Gasteiger partial charge in [0, 0.05) is 18.3 Å². The molecule has 0 bridgehead atoms. The summed E-state index contributed by atoms with van der Waals surface area (Å²) in [7, 11) is 0. The van der Waals surface area contributed by atoms with Crippen molar-refractivity contribution in [3.05, 3.63) is 34.5 Å². The van der Waals surface area contributed by atoms with Crippen LogP contribution in [0.1, 0.15) is 19.7 Å². The molecular weight excluding hydrogens is 220 g/mol. The second-order valence-corrected chi connectivity index (χ2v) is 3.99. The van der Waals surface area contributed by atoms with Crippen molar-refractivity contribution < 1.29 is 4.52 Å². The highest BCUT2D eigenvalue weighted by atomic mass is 16.5. The van der Waals surface area contributed by atoms with E-state index in [1.165, 1.54) is 6.07 Å². The third-order valence-electron chi connectivity index (χ3n) is 2.17. The molecule has 0 fully saturated rings. The molecule has 0 amide bonds. The zero-order valence-corrected chi connectivity index (χ0v) is 9.73. The zero-order valence-electron chi connectivity index (χ0n) is 9.73. The van der Waals surface area contributed by atoms with Crippen LogP contribution in [-0.4, -0.2) is 21.2 Å². The van der Waals surface area contributed by atoms with Crippen LogP contribution in [0.15, 0.2) is 27.6 Å². The molecule has 2 N–H and O–H groups in total. The van der Waals surface area contributed by atoms with Gasteiger partial charge in [0.05, 0.1) is 12.1 Å². The second kappa shape index (κ2) is 4.92. The highest BCUT2D eigenvalue weighted by molar-refractivity contribution is 5.50. The van der Waals surface area contributed by atoms with Crippen LogP contribution in [0.2, 0.25) is 0 Å². The largest absolute Gasteiger partial charge is 0.334 e. The van der Waals surface area contributed by atoms with Crippen molar-refractivity contribution in [2.75, 3.05) is 0 Å². The molecule has 0 aliphatic rings. The third kappa shape index (κ3) is 3.01. The summed E-state index contributed by atoms with van der Waals surface area (Å²) in [6, 6.07) is 3.43. The Balaban J connectivity index is 2.12. The van der Waals surface area contributed by atoms with Crippen molar-refractivity contribution in [2.24, 2.45) is 0 Å². The summed E-state index contributed by atoms with van der Waals surface area (Å²) in [5.74, 6) is 1.00. The minimum Gasteiger partial charge on any atom is -0.334 e. The third-order valence-corrected chi connectivity index (χ3v) is 2.17. The molecule has 0 spiro atoms. The van der Waals surface area contributed by atoms with Gasteiger partial charge < -0.3 is 14.8 Å². The summed E-state index contributed by atoms with van der Waals surface area (Å²) in [5.41, 5.74) is 0.544. The number of aromatic nitrogens is 3. The van der Waals surface area contributed by atoms with E-state index >= 15 is 0 Å². The number of hydrogen-bond acceptors (Lipinski definition) is 5. The molecule has 0 saturated carbocycles. The molecule has 0 atom stereocenters. The van der Waals surface area contributed by atoms with Crippen LogP contribution in [0.3, 0.4) is 0 Å². The number of nitrogens with zero attached hydrogens (tertiary/aromatic N) is 2. The van der Waals surface area contributed by atoms with E-state index < -0.39 is 0 Å². The highest BCUT2D eigenvalue weighted by Crippen LogP contribution is 2.13. The molecule has 2 rings (SSSR count). The van der Waals surface area contributed by atoms with Crippen LogP contribution in [0.4, 0.5) is 0 Å². The summed E-state index contributed by atoms with van der Waals surface area (Å²) < 4.78 is 5.10. The van der Waals surface area contributed by atoms with Crippen LogP contribution in [0, 0.1) is 0 Å². The van der Waals surface area contributed by atoms with Gasteiger partial charge in [-0.3, -0.25) is 4.79 Å². The van der Waals surface area contributed by atoms with Crippen LogP contribution < -0.4 is 10.9 Å². The first-order chi connectivity index (χ1) is 8.15. The Hall–Kier alpha value is -1.95. The van der Waals surface area contributed by atoms with Gasteiger partial charge in [-0.15, -0.1) is 0 Å². The molecule has 17 heavy (non-hydrogen) atoms. The maximum atomic E-state index is 10.9. The Morgan fingerprint density at radius 3 is 2.94 bits per heavy atom. The van der Waals surface area contributed by atoms with Gasteiger partial charge in [-0.1, -0.05) is 19.0 Å². The average molecular weight is 234 g/mol. The molecule has 0 aliphatic heterocycles. The summed E-state index contributed by atoms with van der Waals surface area (Å²) in [4.78, 5) is 17.7. The maximum Gasteiger partial charge on any atom is 0.259 e. The van der Waals surface area contributed by atoms with Crippen LogP contribution in [-0.2, 0) is 6.54 Å². The predicted octanol–water partition coefficient (Wildman–Crippen LogP) is 0.923. The summed E-state index contributed by atoms with van der Waals surface area (Å²) in [6.07, 6.45) is 1.55. The molecule has 0 radical (unpaired) electrons. The Kier molecular flexibility index (Phi) is 3.34. The quantitative estimate of drug-likeness (QED) is 0.822. The Morgan fingerprint density at radius 1 is 1.47 bits per heavy atom. The Labute approximate surface area is 98.1 Å². The first-order valence-corrected chi connectivity index (χ1v) is 5.40. The van der Waals surface area contributed by atoms with E-state index in [1.54, 1.807) is 12.3 Å². The summed E-state index contributed by atoms with van der Waals surface area (Å²) in [5, 5.41) is 7.04.